The van der Waals surface area contributed by atoms with Gasteiger partial charge in [0.05, 0.1) is 40.0 Å². The Morgan fingerprint density at radius 2 is 1.83 bits per heavy atom. The average molecular weight is 650 g/mol. The molecule has 0 spiro atoms. The molecule has 0 radical (unpaired) electrons. The fraction of sp³-hybridized carbons (Fsp3) is 0.161. The molecule has 0 bridgehead atoms. The van der Waals surface area contributed by atoms with Gasteiger partial charge in [-0.25, -0.2) is 14.6 Å². The number of hydrogen-bond donors (Lipinski definition) is 1. The summed E-state index contributed by atoms with van der Waals surface area (Å²) >= 11 is 4.61. The summed E-state index contributed by atoms with van der Waals surface area (Å²) in [7, 11) is 1.57. The van der Waals surface area contributed by atoms with Crippen LogP contribution in [0.3, 0.4) is 0 Å². The lowest BCUT2D eigenvalue weighted by Crippen LogP contribution is -2.40. The number of esters is 1. The van der Waals surface area contributed by atoms with E-state index >= 15 is 0 Å². The average Bonchev–Trinajstić information content (AvgIpc) is 3.30. The van der Waals surface area contributed by atoms with Crippen molar-refractivity contribution in [1.82, 2.24) is 4.57 Å². The maximum atomic E-state index is 14.0. The Morgan fingerprint density at radius 1 is 1.10 bits per heavy atom. The van der Waals surface area contributed by atoms with Gasteiger partial charge in [0, 0.05) is 5.56 Å². The van der Waals surface area contributed by atoms with Crippen LogP contribution in [0.1, 0.15) is 29.7 Å². The zero-order valence-corrected chi connectivity index (χ0v) is 25.0. The van der Waals surface area contributed by atoms with Gasteiger partial charge in [-0.1, -0.05) is 59.9 Å². The third-order valence-corrected chi connectivity index (χ3v) is 8.01. The van der Waals surface area contributed by atoms with Gasteiger partial charge in [-0.05, 0) is 64.3 Å². The third kappa shape index (κ3) is 5.93. The molecule has 1 aliphatic heterocycles. The number of methoxy groups -OCH3 is 1. The van der Waals surface area contributed by atoms with Crippen LogP contribution in [-0.2, 0) is 14.3 Å². The van der Waals surface area contributed by atoms with E-state index in [1.165, 1.54) is 15.9 Å². The van der Waals surface area contributed by atoms with Gasteiger partial charge < -0.3 is 19.3 Å². The molecule has 0 amide bonds. The molecule has 0 fully saturated rings. The SMILES string of the molecule is CCOC(=O)C1=C(c2ccccc2)N=c2s/c(=C/c3ccc(OCC(=O)O)c(Br)c3)c(=O)n2[C@@H]1c1ccc(OC)cc1. The first-order valence-corrected chi connectivity index (χ1v) is 14.5. The summed E-state index contributed by atoms with van der Waals surface area (Å²) in [6, 6.07) is 20.8. The summed E-state index contributed by atoms with van der Waals surface area (Å²) in [6.07, 6.45) is 1.72. The molecule has 0 saturated heterocycles. The van der Waals surface area contributed by atoms with E-state index in [4.69, 9.17) is 24.3 Å². The summed E-state index contributed by atoms with van der Waals surface area (Å²) in [6.45, 7) is 1.41. The number of fused-ring (bicyclic) bond motifs is 1. The van der Waals surface area contributed by atoms with Crippen molar-refractivity contribution >= 4 is 51.0 Å². The zero-order valence-electron chi connectivity index (χ0n) is 22.6. The Balaban J connectivity index is 1.72. The van der Waals surface area contributed by atoms with Gasteiger partial charge in [-0.2, -0.15) is 0 Å². The number of carboxylic acid groups (broad SMARTS) is 1. The van der Waals surface area contributed by atoms with Gasteiger partial charge in [0.15, 0.2) is 11.4 Å². The van der Waals surface area contributed by atoms with Crippen LogP contribution in [0.2, 0.25) is 0 Å². The number of carbonyl (C=O) groups excluding carboxylic acids is 1. The van der Waals surface area contributed by atoms with E-state index in [0.717, 1.165) is 5.56 Å². The molecule has 0 aliphatic carbocycles. The molecular formula is C31H25BrN2O7S. The van der Waals surface area contributed by atoms with Gasteiger partial charge in [-0.3, -0.25) is 9.36 Å². The number of nitrogens with zero attached hydrogens (tertiary/aromatic N) is 2. The summed E-state index contributed by atoms with van der Waals surface area (Å²) in [5.41, 5.74) is 2.47. The van der Waals surface area contributed by atoms with Gasteiger partial charge >= 0.3 is 11.9 Å². The molecule has 2 heterocycles. The molecule has 4 aromatic rings. The molecule has 42 heavy (non-hydrogen) atoms. The highest BCUT2D eigenvalue weighted by atomic mass is 79.9. The summed E-state index contributed by atoms with van der Waals surface area (Å²) in [5, 5.41) is 8.90. The minimum atomic E-state index is -1.09. The lowest BCUT2D eigenvalue weighted by molar-refractivity contribution is -0.140. The van der Waals surface area contributed by atoms with E-state index in [0.29, 0.717) is 42.1 Å². The first-order valence-electron chi connectivity index (χ1n) is 12.9. The van der Waals surface area contributed by atoms with Crippen molar-refractivity contribution in [3.8, 4) is 11.5 Å². The normalized spacial score (nSPS) is 14.6. The minimum Gasteiger partial charge on any atom is -0.497 e. The van der Waals surface area contributed by atoms with Gasteiger partial charge in [0.2, 0.25) is 0 Å². The van der Waals surface area contributed by atoms with Crippen LogP contribution < -0.4 is 24.4 Å². The van der Waals surface area contributed by atoms with Gasteiger partial charge in [0.1, 0.15) is 11.5 Å². The number of hydrogen-bond acceptors (Lipinski definition) is 8. The highest BCUT2D eigenvalue weighted by molar-refractivity contribution is 9.10. The van der Waals surface area contributed by atoms with Crippen LogP contribution in [-0.4, -0.2) is 41.9 Å². The van der Waals surface area contributed by atoms with E-state index in [1.807, 2.05) is 42.5 Å². The summed E-state index contributed by atoms with van der Waals surface area (Å²) < 4.78 is 18.6. The van der Waals surface area contributed by atoms with Crippen molar-refractivity contribution in [3.63, 3.8) is 0 Å². The Morgan fingerprint density at radius 3 is 2.48 bits per heavy atom. The Labute approximate surface area is 252 Å². The summed E-state index contributed by atoms with van der Waals surface area (Å²) in [5.74, 6) is -0.647. The number of thiazole rings is 1. The van der Waals surface area contributed by atoms with Crippen LogP contribution in [0.5, 0.6) is 11.5 Å². The van der Waals surface area contributed by atoms with Gasteiger partial charge in [-0.15, -0.1) is 0 Å². The Kier molecular flexibility index (Phi) is 8.69. The zero-order chi connectivity index (χ0) is 29.8. The lowest BCUT2D eigenvalue weighted by Gasteiger charge is -2.26. The number of rotatable bonds is 9. The van der Waals surface area contributed by atoms with E-state index < -0.39 is 24.6 Å². The van der Waals surface area contributed by atoms with E-state index in [9.17, 15) is 14.4 Å². The first-order chi connectivity index (χ1) is 20.3. The lowest BCUT2D eigenvalue weighted by atomic mass is 9.93. The highest BCUT2D eigenvalue weighted by Gasteiger charge is 2.35. The number of aromatic nitrogens is 1. The van der Waals surface area contributed by atoms with Crippen LogP contribution in [0, 0.1) is 0 Å². The van der Waals surface area contributed by atoms with Crippen molar-refractivity contribution in [3.05, 3.63) is 119 Å². The van der Waals surface area contributed by atoms with E-state index in [-0.39, 0.29) is 17.7 Å². The molecule has 0 saturated carbocycles. The molecule has 5 rings (SSSR count). The molecule has 1 aliphatic rings. The van der Waals surface area contributed by atoms with Crippen LogP contribution >= 0.6 is 27.3 Å². The van der Waals surface area contributed by atoms with Crippen molar-refractivity contribution in [2.75, 3.05) is 20.3 Å². The second-order valence-corrected chi connectivity index (χ2v) is 10.9. The molecule has 1 atom stereocenters. The van der Waals surface area contributed by atoms with Crippen molar-refractivity contribution < 1.29 is 28.9 Å². The third-order valence-electron chi connectivity index (χ3n) is 6.41. The number of halogens is 1. The smallest absolute Gasteiger partial charge is 0.341 e. The van der Waals surface area contributed by atoms with E-state index in [2.05, 4.69) is 15.9 Å². The fourth-order valence-electron chi connectivity index (χ4n) is 4.56. The van der Waals surface area contributed by atoms with E-state index in [1.54, 1.807) is 50.4 Å². The van der Waals surface area contributed by atoms with Crippen LogP contribution in [0.15, 0.2) is 92.6 Å². The molecule has 214 valence electrons. The topological polar surface area (TPSA) is 116 Å². The predicted octanol–water partition coefficient (Wildman–Crippen LogP) is 4.17. The first kappa shape index (κ1) is 29.0. The fourth-order valence-corrected chi connectivity index (χ4v) is 6.07. The molecular weight excluding hydrogens is 624 g/mol. The Bertz CT molecular complexity index is 1860. The summed E-state index contributed by atoms with van der Waals surface area (Å²) in [4.78, 5) is 43.7. The maximum absolute atomic E-state index is 14.0. The number of aliphatic carboxylic acids is 1. The van der Waals surface area contributed by atoms with Crippen LogP contribution in [0.4, 0.5) is 0 Å². The largest absolute Gasteiger partial charge is 0.497 e. The van der Waals surface area contributed by atoms with Crippen molar-refractivity contribution in [2.24, 2.45) is 4.99 Å². The number of benzene rings is 3. The Hall–Kier alpha value is -4.48. The number of carbonyl (C=O) groups is 2. The maximum Gasteiger partial charge on any atom is 0.341 e. The minimum absolute atomic E-state index is 0.158. The monoisotopic (exact) mass is 648 g/mol. The quantitative estimate of drug-likeness (QED) is 0.271. The molecule has 3 aromatic carbocycles. The predicted molar refractivity (Wildman–Crippen MR) is 161 cm³/mol. The number of ether oxygens (including phenoxy) is 3. The molecule has 1 aromatic heterocycles. The highest BCUT2D eigenvalue weighted by Crippen LogP contribution is 2.35. The van der Waals surface area contributed by atoms with Crippen LogP contribution in [0.25, 0.3) is 11.8 Å². The van der Waals surface area contributed by atoms with Crippen molar-refractivity contribution in [1.29, 1.82) is 0 Å². The molecule has 0 unspecified atom stereocenters. The molecule has 1 N–H and O–H groups in total. The standard InChI is InChI=1S/C31H25BrN2O7S/c1-3-40-30(38)26-27(19-7-5-4-6-8-19)33-31-34(28(26)20-10-12-21(39-2)13-11-20)29(37)24(42-31)16-18-9-14-23(22(32)15-18)41-17-25(35)36/h4-16,28H,3,17H2,1-2H3,(H,35,36)/b24-16+/t28-/m1/s1. The van der Waals surface area contributed by atoms with Crippen molar-refractivity contribution in [2.45, 2.75) is 13.0 Å². The molecule has 11 heteroatoms. The second kappa shape index (κ2) is 12.6. The number of carboxylic acids is 1. The molecule has 9 nitrogen and oxygen atoms in total. The second-order valence-electron chi connectivity index (χ2n) is 9.08. The van der Waals surface area contributed by atoms with Gasteiger partial charge in [0.25, 0.3) is 5.56 Å².